The summed E-state index contributed by atoms with van der Waals surface area (Å²) in [6.45, 7) is 0.786. The standard InChI is InChI=1S/C10H12N2O/c1-11-10(13)9-8-5-3-2-4-7(8)6-12-9/h2-5,9,12H,6H2,1H3,(H,11,13). The van der Waals surface area contributed by atoms with Crippen molar-refractivity contribution in [2.45, 2.75) is 12.6 Å². The van der Waals surface area contributed by atoms with Gasteiger partial charge in [-0.1, -0.05) is 24.3 Å². The van der Waals surface area contributed by atoms with Crippen molar-refractivity contribution in [3.05, 3.63) is 35.4 Å². The van der Waals surface area contributed by atoms with Crippen molar-refractivity contribution in [3.8, 4) is 0 Å². The van der Waals surface area contributed by atoms with E-state index in [4.69, 9.17) is 0 Å². The summed E-state index contributed by atoms with van der Waals surface area (Å²) in [7, 11) is 1.66. The lowest BCUT2D eigenvalue weighted by molar-refractivity contribution is -0.122. The van der Waals surface area contributed by atoms with Crippen molar-refractivity contribution in [1.29, 1.82) is 0 Å². The van der Waals surface area contributed by atoms with Gasteiger partial charge >= 0.3 is 0 Å². The molecule has 0 saturated carbocycles. The number of carbonyl (C=O) groups is 1. The Hall–Kier alpha value is -1.35. The summed E-state index contributed by atoms with van der Waals surface area (Å²) in [6, 6.07) is 7.83. The molecule has 3 heteroatoms. The van der Waals surface area contributed by atoms with Crippen LogP contribution < -0.4 is 10.6 Å². The van der Waals surface area contributed by atoms with Gasteiger partial charge in [-0.2, -0.15) is 0 Å². The van der Waals surface area contributed by atoms with E-state index in [1.165, 1.54) is 5.56 Å². The predicted octanol–water partition coefficient (Wildman–Crippen LogP) is 0.577. The molecule has 1 atom stereocenters. The van der Waals surface area contributed by atoms with Crippen molar-refractivity contribution >= 4 is 5.91 Å². The Bertz CT molecular complexity index is 335. The number of benzene rings is 1. The molecule has 2 rings (SSSR count). The molecule has 13 heavy (non-hydrogen) atoms. The first-order chi connectivity index (χ1) is 6.33. The largest absolute Gasteiger partial charge is 0.358 e. The van der Waals surface area contributed by atoms with Crippen LogP contribution in [0.4, 0.5) is 0 Å². The number of fused-ring (bicyclic) bond motifs is 1. The summed E-state index contributed by atoms with van der Waals surface area (Å²) in [6.07, 6.45) is 0. The highest BCUT2D eigenvalue weighted by Crippen LogP contribution is 2.24. The van der Waals surface area contributed by atoms with E-state index in [-0.39, 0.29) is 11.9 Å². The van der Waals surface area contributed by atoms with Gasteiger partial charge in [-0.3, -0.25) is 10.1 Å². The first-order valence-corrected chi connectivity index (χ1v) is 4.35. The van der Waals surface area contributed by atoms with E-state index in [2.05, 4.69) is 10.6 Å². The van der Waals surface area contributed by atoms with E-state index in [0.29, 0.717) is 0 Å². The van der Waals surface area contributed by atoms with Gasteiger partial charge in [0.2, 0.25) is 5.91 Å². The molecule has 1 heterocycles. The smallest absolute Gasteiger partial charge is 0.241 e. The molecule has 3 nitrogen and oxygen atoms in total. The highest BCUT2D eigenvalue weighted by Gasteiger charge is 2.26. The van der Waals surface area contributed by atoms with Gasteiger partial charge in [0.15, 0.2) is 0 Å². The number of nitrogens with one attached hydrogen (secondary N) is 2. The average molecular weight is 176 g/mol. The van der Waals surface area contributed by atoms with Crippen LogP contribution in [0.25, 0.3) is 0 Å². The molecule has 1 aromatic rings. The first kappa shape index (κ1) is 8.26. The summed E-state index contributed by atoms with van der Waals surface area (Å²) in [5.41, 5.74) is 2.32. The summed E-state index contributed by atoms with van der Waals surface area (Å²) in [4.78, 5) is 11.4. The fourth-order valence-electron chi connectivity index (χ4n) is 1.68. The topological polar surface area (TPSA) is 41.1 Å². The zero-order chi connectivity index (χ0) is 9.26. The Balaban J connectivity index is 2.33. The SMILES string of the molecule is CNC(=O)C1NCc2ccccc21. The third-order valence-electron chi connectivity index (χ3n) is 2.37. The molecule has 1 unspecified atom stereocenters. The lowest BCUT2D eigenvalue weighted by Gasteiger charge is -2.09. The summed E-state index contributed by atoms with van der Waals surface area (Å²) in [5.74, 6) is 0.0324. The van der Waals surface area contributed by atoms with Gasteiger partial charge in [0, 0.05) is 13.6 Å². The molecule has 0 aromatic heterocycles. The quantitative estimate of drug-likeness (QED) is 0.657. The van der Waals surface area contributed by atoms with Crippen molar-refractivity contribution in [2.24, 2.45) is 0 Å². The van der Waals surface area contributed by atoms with Crippen LogP contribution in [-0.2, 0) is 11.3 Å². The summed E-state index contributed by atoms with van der Waals surface area (Å²) in [5, 5.41) is 5.81. The zero-order valence-corrected chi connectivity index (χ0v) is 7.50. The molecule has 0 radical (unpaired) electrons. The van der Waals surface area contributed by atoms with Crippen molar-refractivity contribution in [3.63, 3.8) is 0 Å². The molecule has 1 aromatic carbocycles. The van der Waals surface area contributed by atoms with Gasteiger partial charge in [0.1, 0.15) is 6.04 Å². The fourth-order valence-corrected chi connectivity index (χ4v) is 1.68. The molecule has 0 spiro atoms. The Kier molecular flexibility index (Phi) is 2.02. The Morgan fingerprint density at radius 2 is 2.31 bits per heavy atom. The van der Waals surface area contributed by atoms with E-state index in [0.717, 1.165) is 12.1 Å². The van der Waals surface area contributed by atoms with E-state index < -0.39 is 0 Å². The van der Waals surface area contributed by atoms with Crippen LogP contribution >= 0.6 is 0 Å². The molecule has 68 valence electrons. The maximum absolute atomic E-state index is 11.4. The highest BCUT2D eigenvalue weighted by molar-refractivity contribution is 5.84. The number of rotatable bonds is 1. The van der Waals surface area contributed by atoms with Crippen LogP contribution in [0, 0.1) is 0 Å². The lowest BCUT2D eigenvalue weighted by atomic mass is 10.1. The van der Waals surface area contributed by atoms with Crippen molar-refractivity contribution in [2.75, 3.05) is 7.05 Å². The highest BCUT2D eigenvalue weighted by atomic mass is 16.2. The third kappa shape index (κ3) is 1.31. The number of hydrogen-bond acceptors (Lipinski definition) is 2. The molecular weight excluding hydrogens is 164 g/mol. The number of likely N-dealkylation sites (N-methyl/N-ethyl adjacent to an activating group) is 1. The van der Waals surface area contributed by atoms with Crippen molar-refractivity contribution in [1.82, 2.24) is 10.6 Å². The second-order valence-corrected chi connectivity index (χ2v) is 3.13. The molecular formula is C10H12N2O. The normalized spacial score (nSPS) is 19.6. The van der Waals surface area contributed by atoms with Crippen molar-refractivity contribution < 1.29 is 4.79 Å². The van der Waals surface area contributed by atoms with Gasteiger partial charge in [-0.15, -0.1) is 0 Å². The first-order valence-electron chi connectivity index (χ1n) is 4.35. The molecule has 1 amide bonds. The summed E-state index contributed by atoms with van der Waals surface area (Å²) >= 11 is 0. The Labute approximate surface area is 77.1 Å². The van der Waals surface area contributed by atoms with Crippen LogP contribution in [0.15, 0.2) is 24.3 Å². The average Bonchev–Trinajstić information content (AvgIpc) is 2.60. The molecule has 1 aliphatic heterocycles. The maximum Gasteiger partial charge on any atom is 0.241 e. The van der Waals surface area contributed by atoms with Crippen LogP contribution in [0.2, 0.25) is 0 Å². The van der Waals surface area contributed by atoms with Crippen LogP contribution in [0.3, 0.4) is 0 Å². The maximum atomic E-state index is 11.4. The van der Waals surface area contributed by atoms with Crippen LogP contribution in [0.5, 0.6) is 0 Å². The molecule has 2 N–H and O–H groups in total. The molecule has 0 bridgehead atoms. The fraction of sp³-hybridized carbons (Fsp3) is 0.300. The van der Waals surface area contributed by atoms with Crippen LogP contribution in [0.1, 0.15) is 17.2 Å². The second kappa shape index (κ2) is 3.18. The minimum atomic E-state index is -0.166. The zero-order valence-electron chi connectivity index (χ0n) is 7.50. The van der Waals surface area contributed by atoms with E-state index in [9.17, 15) is 4.79 Å². The monoisotopic (exact) mass is 176 g/mol. The minimum absolute atomic E-state index is 0.0324. The number of hydrogen-bond donors (Lipinski definition) is 2. The molecule has 0 aliphatic carbocycles. The van der Waals surface area contributed by atoms with E-state index >= 15 is 0 Å². The van der Waals surface area contributed by atoms with Gasteiger partial charge in [-0.25, -0.2) is 0 Å². The van der Waals surface area contributed by atoms with Gasteiger partial charge in [-0.05, 0) is 11.1 Å². The van der Waals surface area contributed by atoms with Gasteiger partial charge < -0.3 is 5.32 Å². The third-order valence-corrected chi connectivity index (χ3v) is 2.37. The van der Waals surface area contributed by atoms with Gasteiger partial charge in [0.05, 0.1) is 0 Å². The number of carbonyl (C=O) groups excluding carboxylic acids is 1. The van der Waals surface area contributed by atoms with Crippen LogP contribution in [-0.4, -0.2) is 13.0 Å². The van der Waals surface area contributed by atoms with E-state index in [1.54, 1.807) is 7.05 Å². The summed E-state index contributed by atoms with van der Waals surface area (Å²) < 4.78 is 0. The second-order valence-electron chi connectivity index (χ2n) is 3.13. The van der Waals surface area contributed by atoms with E-state index in [1.807, 2.05) is 24.3 Å². The minimum Gasteiger partial charge on any atom is -0.358 e. The Morgan fingerprint density at radius 1 is 1.54 bits per heavy atom. The number of amides is 1. The lowest BCUT2D eigenvalue weighted by Crippen LogP contribution is -2.31. The molecule has 1 aliphatic rings. The molecule has 0 fully saturated rings. The van der Waals surface area contributed by atoms with Gasteiger partial charge in [0.25, 0.3) is 0 Å². The molecule has 0 saturated heterocycles. The Morgan fingerprint density at radius 3 is 3.08 bits per heavy atom. The predicted molar refractivity (Wildman–Crippen MR) is 50.1 cm³/mol.